The first-order valence-corrected chi connectivity index (χ1v) is 8.38. The van der Waals surface area contributed by atoms with E-state index >= 15 is 0 Å². The van der Waals surface area contributed by atoms with Crippen LogP contribution in [0.2, 0.25) is 0 Å². The molecule has 0 bridgehead atoms. The third kappa shape index (κ3) is 4.74. The van der Waals surface area contributed by atoms with Gasteiger partial charge in [-0.1, -0.05) is 29.4 Å². The molecule has 1 aromatic heterocycles. The van der Waals surface area contributed by atoms with Crippen LogP contribution in [0.4, 0.5) is 5.69 Å². The molecule has 1 fully saturated rings. The highest BCUT2D eigenvalue weighted by molar-refractivity contribution is 5.60. The van der Waals surface area contributed by atoms with E-state index in [1.165, 1.54) is 6.07 Å². The predicted octanol–water partition coefficient (Wildman–Crippen LogP) is 2.72. The Balaban J connectivity index is 1.47. The zero-order chi connectivity index (χ0) is 17.6. The Kier molecular flexibility index (Phi) is 5.57. The van der Waals surface area contributed by atoms with Crippen LogP contribution in [0.5, 0.6) is 0 Å². The van der Waals surface area contributed by atoms with Gasteiger partial charge in [-0.3, -0.25) is 19.9 Å². The summed E-state index contributed by atoms with van der Waals surface area (Å²) in [4.78, 5) is 15.4. The second-order valence-electron chi connectivity index (χ2n) is 6.22. The molecule has 1 aliphatic heterocycles. The molecule has 0 spiro atoms. The predicted molar refractivity (Wildman–Crippen MR) is 95.1 cm³/mol. The van der Waals surface area contributed by atoms with Gasteiger partial charge >= 0.3 is 0 Å². The van der Waals surface area contributed by atoms with Crippen molar-refractivity contribution in [1.29, 1.82) is 0 Å². The molecular formula is C18H22N4O3. The fraction of sp³-hybridized carbons (Fsp3) is 0.389. The number of rotatable bonds is 6. The quantitative estimate of drug-likeness (QED) is 0.593. The number of para-hydroxylation sites is 1. The van der Waals surface area contributed by atoms with Crippen LogP contribution in [0.3, 0.4) is 0 Å². The van der Waals surface area contributed by atoms with Gasteiger partial charge in [0.1, 0.15) is 5.76 Å². The van der Waals surface area contributed by atoms with Crippen molar-refractivity contribution < 1.29 is 9.45 Å². The van der Waals surface area contributed by atoms with Crippen LogP contribution in [0.15, 0.2) is 40.9 Å². The van der Waals surface area contributed by atoms with E-state index in [0.717, 1.165) is 50.7 Å². The van der Waals surface area contributed by atoms with E-state index < -0.39 is 0 Å². The van der Waals surface area contributed by atoms with Gasteiger partial charge in [0.15, 0.2) is 0 Å². The largest absolute Gasteiger partial charge is 0.361 e. The molecule has 1 aromatic carbocycles. The van der Waals surface area contributed by atoms with Crippen LogP contribution in [-0.2, 0) is 6.54 Å². The maximum absolute atomic E-state index is 11.0. The number of aryl methyl sites for hydroxylation is 1. The standard InChI is InChI=1S/C18H22N4O3/c1-15-13-17(19-25-15)14-21-11-9-20(10-12-21)8-4-6-16-5-2-3-7-18(16)22(23)24/h2-7,13H,8-12,14H2,1H3. The molecule has 0 aliphatic carbocycles. The minimum absolute atomic E-state index is 0.145. The number of nitrogens with zero attached hydrogens (tertiary/aromatic N) is 4. The number of hydrogen-bond acceptors (Lipinski definition) is 6. The number of aromatic nitrogens is 1. The Hall–Kier alpha value is -2.51. The third-order valence-electron chi connectivity index (χ3n) is 4.32. The van der Waals surface area contributed by atoms with Crippen molar-refractivity contribution in [3.05, 3.63) is 63.5 Å². The fourth-order valence-corrected chi connectivity index (χ4v) is 2.98. The Morgan fingerprint density at radius 3 is 2.64 bits per heavy atom. The van der Waals surface area contributed by atoms with Crippen LogP contribution in [-0.4, -0.2) is 52.6 Å². The molecule has 0 radical (unpaired) electrons. The van der Waals surface area contributed by atoms with Gasteiger partial charge in [0.2, 0.25) is 0 Å². The van der Waals surface area contributed by atoms with Crippen LogP contribution in [0, 0.1) is 17.0 Å². The summed E-state index contributed by atoms with van der Waals surface area (Å²) in [7, 11) is 0. The Labute approximate surface area is 146 Å². The second-order valence-corrected chi connectivity index (χ2v) is 6.22. The third-order valence-corrected chi connectivity index (χ3v) is 4.32. The maximum atomic E-state index is 11.0. The van der Waals surface area contributed by atoms with Crippen LogP contribution in [0.25, 0.3) is 6.08 Å². The molecule has 2 heterocycles. The van der Waals surface area contributed by atoms with E-state index in [4.69, 9.17) is 4.52 Å². The van der Waals surface area contributed by atoms with Crippen molar-refractivity contribution >= 4 is 11.8 Å². The van der Waals surface area contributed by atoms with E-state index in [2.05, 4.69) is 15.0 Å². The number of piperazine rings is 1. The summed E-state index contributed by atoms with van der Waals surface area (Å²) in [5, 5.41) is 15.1. The number of benzene rings is 1. The van der Waals surface area contributed by atoms with Crippen LogP contribution < -0.4 is 0 Å². The van der Waals surface area contributed by atoms with E-state index in [-0.39, 0.29) is 10.6 Å². The molecule has 7 nitrogen and oxygen atoms in total. The highest BCUT2D eigenvalue weighted by atomic mass is 16.6. The molecule has 25 heavy (non-hydrogen) atoms. The van der Waals surface area contributed by atoms with Gasteiger partial charge in [0, 0.05) is 51.4 Å². The molecule has 0 amide bonds. The van der Waals surface area contributed by atoms with Crippen LogP contribution in [0.1, 0.15) is 17.0 Å². The molecular weight excluding hydrogens is 320 g/mol. The Bertz CT molecular complexity index is 748. The monoisotopic (exact) mass is 342 g/mol. The van der Waals surface area contributed by atoms with E-state index in [9.17, 15) is 10.1 Å². The van der Waals surface area contributed by atoms with Gasteiger partial charge in [-0.25, -0.2) is 0 Å². The highest BCUT2D eigenvalue weighted by Gasteiger charge is 2.17. The van der Waals surface area contributed by atoms with Crippen molar-refractivity contribution in [1.82, 2.24) is 15.0 Å². The molecule has 0 unspecified atom stereocenters. The normalized spacial score (nSPS) is 16.5. The highest BCUT2D eigenvalue weighted by Crippen LogP contribution is 2.19. The summed E-state index contributed by atoms with van der Waals surface area (Å²) < 4.78 is 5.10. The maximum Gasteiger partial charge on any atom is 0.276 e. The molecule has 3 rings (SSSR count). The first kappa shape index (κ1) is 17.3. The van der Waals surface area contributed by atoms with Gasteiger partial charge in [0.05, 0.1) is 16.2 Å². The van der Waals surface area contributed by atoms with Crippen molar-refractivity contribution in [2.75, 3.05) is 32.7 Å². The summed E-state index contributed by atoms with van der Waals surface area (Å²) in [6.07, 6.45) is 3.83. The zero-order valence-electron chi connectivity index (χ0n) is 14.3. The molecule has 2 aromatic rings. The molecule has 7 heteroatoms. The lowest BCUT2D eigenvalue weighted by Crippen LogP contribution is -2.45. The lowest BCUT2D eigenvalue weighted by Gasteiger charge is -2.33. The topological polar surface area (TPSA) is 75.7 Å². The van der Waals surface area contributed by atoms with Gasteiger partial charge in [-0.05, 0) is 13.0 Å². The summed E-state index contributed by atoms with van der Waals surface area (Å²) >= 11 is 0. The zero-order valence-corrected chi connectivity index (χ0v) is 14.3. The molecule has 1 saturated heterocycles. The lowest BCUT2D eigenvalue weighted by atomic mass is 10.1. The number of nitro benzene ring substituents is 1. The molecule has 132 valence electrons. The van der Waals surface area contributed by atoms with Crippen molar-refractivity contribution in [3.63, 3.8) is 0 Å². The smallest absolute Gasteiger partial charge is 0.276 e. The van der Waals surface area contributed by atoms with Gasteiger partial charge in [0.25, 0.3) is 5.69 Å². The second kappa shape index (κ2) is 8.04. The van der Waals surface area contributed by atoms with Gasteiger partial charge < -0.3 is 4.52 Å². The molecule has 0 N–H and O–H groups in total. The Morgan fingerprint density at radius 1 is 1.24 bits per heavy atom. The molecule has 1 aliphatic rings. The summed E-state index contributed by atoms with van der Waals surface area (Å²) in [6, 6.07) is 8.78. The van der Waals surface area contributed by atoms with Crippen molar-refractivity contribution in [3.8, 4) is 0 Å². The lowest BCUT2D eigenvalue weighted by molar-refractivity contribution is -0.385. The number of nitro groups is 1. The van der Waals surface area contributed by atoms with Gasteiger partial charge in [-0.15, -0.1) is 0 Å². The van der Waals surface area contributed by atoms with Crippen molar-refractivity contribution in [2.24, 2.45) is 0 Å². The minimum Gasteiger partial charge on any atom is -0.361 e. The summed E-state index contributed by atoms with van der Waals surface area (Å²) in [6.45, 7) is 7.41. The SMILES string of the molecule is Cc1cc(CN2CCN(CC=Cc3ccccc3[N+](=O)[O-])CC2)no1. The first-order valence-electron chi connectivity index (χ1n) is 8.38. The first-order chi connectivity index (χ1) is 12.1. The van der Waals surface area contributed by atoms with Crippen molar-refractivity contribution in [2.45, 2.75) is 13.5 Å². The number of hydrogen-bond donors (Lipinski definition) is 0. The Morgan fingerprint density at radius 2 is 1.96 bits per heavy atom. The average Bonchev–Trinajstić information content (AvgIpc) is 3.01. The van der Waals surface area contributed by atoms with E-state index in [1.807, 2.05) is 31.2 Å². The summed E-state index contributed by atoms with van der Waals surface area (Å²) in [5.74, 6) is 0.841. The van der Waals surface area contributed by atoms with E-state index in [1.54, 1.807) is 12.1 Å². The van der Waals surface area contributed by atoms with E-state index in [0.29, 0.717) is 5.56 Å². The average molecular weight is 342 g/mol. The fourth-order valence-electron chi connectivity index (χ4n) is 2.98. The minimum atomic E-state index is -0.343. The summed E-state index contributed by atoms with van der Waals surface area (Å²) in [5.41, 5.74) is 1.77. The molecule has 0 saturated carbocycles. The molecule has 0 atom stereocenters. The van der Waals surface area contributed by atoms with Crippen LogP contribution >= 0.6 is 0 Å². The van der Waals surface area contributed by atoms with Gasteiger partial charge in [-0.2, -0.15) is 0 Å².